The van der Waals surface area contributed by atoms with E-state index in [-0.39, 0.29) is 24.3 Å². The van der Waals surface area contributed by atoms with Crippen molar-refractivity contribution in [3.63, 3.8) is 0 Å². The molecule has 2 aromatic rings. The molecule has 2 aromatic carbocycles. The van der Waals surface area contributed by atoms with E-state index in [9.17, 15) is 9.59 Å². The van der Waals surface area contributed by atoms with Gasteiger partial charge in [0.25, 0.3) is 0 Å². The zero-order valence-electron chi connectivity index (χ0n) is 14.2. The Morgan fingerprint density at radius 1 is 1.04 bits per heavy atom. The monoisotopic (exact) mass is 338 g/mol. The van der Waals surface area contributed by atoms with E-state index in [0.29, 0.717) is 17.8 Å². The summed E-state index contributed by atoms with van der Waals surface area (Å²) in [4.78, 5) is 24.0. The molecule has 2 N–H and O–H groups in total. The fourth-order valence-electron chi connectivity index (χ4n) is 3.30. The van der Waals surface area contributed by atoms with Gasteiger partial charge in [-0.1, -0.05) is 30.3 Å². The molecule has 0 bridgehead atoms. The van der Waals surface area contributed by atoms with Gasteiger partial charge in [0.15, 0.2) is 0 Å². The minimum Gasteiger partial charge on any atom is -0.375 e. The van der Waals surface area contributed by atoms with Crippen LogP contribution in [-0.4, -0.2) is 25.5 Å². The van der Waals surface area contributed by atoms with Crippen molar-refractivity contribution in [3.8, 4) is 0 Å². The van der Waals surface area contributed by atoms with Crippen LogP contribution in [-0.2, 0) is 20.7 Å². The summed E-state index contributed by atoms with van der Waals surface area (Å²) in [6.07, 6.45) is 2.52. The number of hydrogen-bond donors (Lipinski definition) is 2. The number of nitrogens with one attached hydrogen (secondary N) is 2. The van der Waals surface area contributed by atoms with Gasteiger partial charge in [-0.15, -0.1) is 0 Å². The number of benzene rings is 2. The normalized spacial score (nSPS) is 15.5. The summed E-state index contributed by atoms with van der Waals surface area (Å²) in [5, 5.41) is 5.65. The molecule has 1 atom stereocenters. The molecule has 0 radical (unpaired) electrons. The maximum atomic E-state index is 12.4. The number of fused-ring (bicyclic) bond motifs is 1. The smallest absolute Gasteiger partial charge is 0.250 e. The van der Waals surface area contributed by atoms with Gasteiger partial charge in [-0.05, 0) is 48.1 Å². The molecule has 5 heteroatoms. The summed E-state index contributed by atoms with van der Waals surface area (Å²) < 4.78 is 4.79. The Bertz CT molecular complexity index is 773. The van der Waals surface area contributed by atoms with E-state index >= 15 is 0 Å². The van der Waals surface area contributed by atoms with Crippen LogP contribution in [0.3, 0.4) is 0 Å². The zero-order valence-corrected chi connectivity index (χ0v) is 14.2. The van der Waals surface area contributed by atoms with Crippen molar-refractivity contribution in [2.75, 3.05) is 24.4 Å². The van der Waals surface area contributed by atoms with E-state index in [2.05, 4.69) is 22.8 Å². The number of rotatable bonds is 6. The lowest BCUT2D eigenvalue weighted by Crippen LogP contribution is -2.18. The first-order valence-corrected chi connectivity index (χ1v) is 8.42. The third kappa shape index (κ3) is 4.45. The van der Waals surface area contributed by atoms with E-state index in [1.54, 1.807) is 18.2 Å². The third-order valence-electron chi connectivity index (χ3n) is 4.39. The molecular weight excluding hydrogens is 316 g/mol. The number of ether oxygens (including phenoxy) is 1. The molecule has 130 valence electrons. The maximum Gasteiger partial charge on any atom is 0.250 e. The fraction of sp³-hybridized carbons (Fsp3) is 0.300. The number of anilines is 2. The molecule has 2 amide bonds. The molecule has 5 nitrogen and oxygen atoms in total. The van der Waals surface area contributed by atoms with Gasteiger partial charge in [0.1, 0.15) is 6.61 Å². The van der Waals surface area contributed by atoms with Crippen molar-refractivity contribution < 1.29 is 14.3 Å². The highest BCUT2D eigenvalue weighted by Gasteiger charge is 2.24. The van der Waals surface area contributed by atoms with Gasteiger partial charge in [0, 0.05) is 24.9 Å². The molecule has 1 aliphatic rings. The first kappa shape index (κ1) is 17.2. The quantitative estimate of drug-likeness (QED) is 0.849. The second-order valence-corrected chi connectivity index (χ2v) is 6.25. The van der Waals surface area contributed by atoms with Crippen LogP contribution >= 0.6 is 0 Å². The molecule has 0 aliphatic heterocycles. The Kier molecular flexibility index (Phi) is 5.46. The van der Waals surface area contributed by atoms with Gasteiger partial charge in [-0.25, -0.2) is 0 Å². The van der Waals surface area contributed by atoms with E-state index in [1.165, 1.54) is 18.2 Å². The Hall–Kier alpha value is -2.66. The van der Waals surface area contributed by atoms with Crippen LogP contribution in [0.5, 0.6) is 0 Å². The van der Waals surface area contributed by atoms with Gasteiger partial charge >= 0.3 is 0 Å². The minimum absolute atomic E-state index is 0.00231. The van der Waals surface area contributed by atoms with Crippen LogP contribution in [0.15, 0.2) is 48.5 Å². The van der Waals surface area contributed by atoms with Gasteiger partial charge in [0.2, 0.25) is 11.8 Å². The van der Waals surface area contributed by atoms with Crippen molar-refractivity contribution in [2.24, 2.45) is 0 Å². The highest BCUT2D eigenvalue weighted by molar-refractivity contribution is 5.94. The lowest BCUT2D eigenvalue weighted by Gasteiger charge is -2.12. The molecule has 0 saturated carbocycles. The molecule has 0 saturated heterocycles. The summed E-state index contributed by atoms with van der Waals surface area (Å²) in [6.45, 7) is -0.00231. The van der Waals surface area contributed by atoms with Crippen molar-refractivity contribution in [1.29, 1.82) is 0 Å². The number of methoxy groups -OCH3 is 1. The van der Waals surface area contributed by atoms with Crippen LogP contribution in [0.4, 0.5) is 11.4 Å². The SMILES string of the molecule is COCC(=O)Nc1cccc(NC(=O)CC2CCc3ccccc32)c1. The lowest BCUT2D eigenvalue weighted by atomic mass is 9.97. The molecule has 1 unspecified atom stereocenters. The molecule has 0 aromatic heterocycles. The van der Waals surface area contributed by atoms with Crippen LogP contribution in [0.2, 0.25) is 0 Å². The van der Waals surface area contributed by atoms with E-state index in [0.717, 1.165) is 12.8 Å². The number of carbonyl (C=O) groups excluding carboxylic acids is 2. The average Bonchev–Trinajstić information content (AvgIpc) is 2.98. The van der Waals surface area contributed by atoms with Crippen LogP contribution in [0.25, 0.3) is 0 Å². The number of carbonyl (C=O) groups is 2. The fourth-order valence-corrected chi connectivity index (χ4v) is 3.30. The van der Waals surface area contributed by atoms with Crippen LogP contribution in [0.1, 0.15) is 29.9 Å². The van der Waals surface area contributed by atoms with E-state index < -0.39 is 0 Å². The number of hydrogen-bond acceptors (Lipinski definition) is 3. The Balaban J connectivity index is 1.59. The minimum atomic E-state index is -0.228. The van der Waals surface area contributed by atoms with Gasteiger partial charge in [-0.3, -0.25) is 9.59 Å². The lowest BCUT2D eigenvalue weighted by molar-refractivity contribution is -0.119. The summed E-state index contributed by atoms with van der Waals surface area (Å²) in [6, 6.07) is 15.5. The molecule has 25 heavy (non-hydrogen) atoms. The topological polar surface area (TPSA) is 67.4 Å². The zero-order chi connectivity index (χ0) is 17.6. The van der Waals surface area contributed by atoms with Crippen molar-refractivity contribution in [1.82, 2.24) is 0 Å². The first-order chi connectivity index (χ1) is 12.2. The largest absolute Gasteiger partial charge is 0.375 e. The highest BCUT2D eigenvalue weighted by atomic mass is 16.5. The van der Waals surface area contributed by atoms with Gasteiger partial charge in [-0.2, -0.15) is 0 Å². The van der Waals surface area contributed by atoms with Crippen LogP contribution in [0, 0.1) is 0 Å². The molecule has 3 rings (SSSR count). The molecule has 0 spiro atoms. The van der Waals surface area contributed by atoms with Crippen LogP contribution < -0.4 is 10.6 Å². The summed E-state index contributed by atoms with van der Waals surface area (Å²) in [5.41, 5.74) is 3.94. The van der Waals surface area contributed by atoms with Crippen molar-refractivity contribution in [2.45, 2.75) is 25.2 Å². The average molecular weight is 338 g/mol. The predicted molar refractivity (Wildman–Crippen MR) is 97.7 cm³/mol. The van der Waals surface area contributed by atoms with Gasteiger partial charge < -0.3 is 15.4 Å². The first-order valence-electron chi connectivity index (χ1n) is 8.42. The summed E-state index contributed by atoms with van der Waals surface area (Å²) in [5.74, 6) is 0.0383. The Morgan fingerprint density at radius 2 is 1.76 bits per heavy atom. The second kappa shape index (κ2) is 7.94. The van der Waals surface area contributed by atoms with Crippen molar-refractivity contribution >= 4 is 23.2 Å². The molecular formula is C20H22N2O3. The van der Waals surface area contributed by atoms with Gasteiger partial charge in [0.05, 0.1) is 0 Å². The standard InChI is InChI=1S/C20H22N2O3/c1-25-13-20(24)22-17-7-4-6-16(12-17)21-19(23)11-15-10-9-14-5-2-3-8-18(14)15/h2-8,12,15H,9-11,13H2,1H3,(H,21,23)(H,22,24). The summed E-state index contributed by atoms with van der Waals surface area (Å²) >= 11 is 0. The number of amides is 2. The third-order valence-corrected chi connectivity index (χ3v) is 4.39. The van der Waals surface area contributed by atoms with Crippen molar-refractivity contribution in [3.05, 3.63) is 59.7 Å². The number of aryl methyl sites for hydroxylation is 1. The van der Waals surface area contributed by atoms with E-state index in [1.807, 2.05) is 18.2 Å². The summed E-state index contributed by atoms with van der Waals surface area (Å²) in [7, 11) is 1.47. The predicted octanol–water partition coefficient (Wildman–Crippen LogP) is 3.33. The maximum absolute atomic E-state index is 12.4. The molecule has 0 fully saturated rings. The molecule has 0 heterocycles. The Morgan fingerprint density at radius 3 is 2.52 bits per heavy atom. The molecule has 1 aliphatic carbocycles. The Labute approximate surface area is 147 Å². The second-order valence-electron chi connectivity index (χ2n) is 6.25. The highest BCUT2D eigenvalue weighted by Crippen LogP contribution is 2.35. The van der Waals surface area contributed by atoms with E-state index in [4.69, 9.17) is 4.74 Å².